The van der Waals surface area contributed by atoms with E-state index in [1.807, 2.05) is 25.1 Å². The highest BCUT2D eigenvalue weighted by atomic mass is 16.5. The normalized spacial score (nSPS) is 15.8. The largest absolute Gasteiger partial charge is 0.481 e. The van der Waals surface area contributed by atoms with Crippen LogP contribution in [-0.4, -0.2) is 43.2 Å². The van der Waals surface area contributed by atoms with Gasteiger partial charge in [0.2, 0.25) is 0 Å². The smallest absolute Gasteiger partial charge is 0.261 e. The summed E-state index contributed by atoms with van der Waals surface area (Å²) in [7, 11) is 0. The molecule has 0 aromatic heterocycles. The van der Waals surface area contributed by atoms with Gasteiger partial charge in [0.25, 0.3) is 5.91 Å². The molecule has 2 aromatic carbocycles. The van der Waals surface area contributed by atoms with Crippen LogP contribution < -0.4 is 10.1 Å². The molecule has 0 spiro atoms. The molecule has 1 heterocycles. The molecule has 1 amide bonds. The topological polar surface area (TPSA) is 50.8 Å². The summed E-state index contributed by atoms with van der Waals surface area (Å²) in [5.41, 5.74) is 4.73. The summed E-state index contributed by atoms with van der Waals surface area (Å²) in [6, 6.07) is 14.3. The molecule has 1 N–H and O–H groups in total. The molecule has 5 heteroatoms. The Hall–Kier alpha value is -2.37. The van der Waals surface area contributed by atoms with Gasteiger partial charge < -0.3 is 14.8 Å². The summed E-state index contributed by atoms with van der Waals surface area (Å²) in [6.45, 7) is 10.9. The average molecular weight is 383 g/mol. The SMILES string of the molecule is Cc1ccc(OC(C)C(=O)NCc2ccc(CN3CCOCC3)cc2)cc1C. The number of morpholine rings is 1. The summed E-state index contributed by atoms with van der Waals surface area (Å²) >= 11 is 0. The van der Waals surface area contributed by atoms with Gasteiger partial charge in [-0.1, -0.05) is 30.3 Å². The molecule has 0 saturated carbocycles. The molecule has 0 aliphatic carbocycles. The fraction of sp³-hybridized carbons (Fsp3) is 0.435. The minimum absolute atomic E-state index is 0.115. The third kappa shape index (κ3) is 5.81. The zero-order valence-electron chi connectivity index (χ0n) is 17.0. The van der Waals surface area contributed by atoms with E-state index in [0.29, 0.717) is 6.54 Å². The maximum atomic E-state index is 12.3. The van der Waals surface area contributed by atoms with Crippen LogP contribution in [-0.2, 0) is 22.6 Å². The Morgan fingerprint density at radius 2 is 1.75 bits per heavy atom. The number of nitrogens with zero attached hydrogens (tertiary/aromatic N) is 1. The van der Waals surface area contributed by atoms with E-state index in [1.54, 1.807) is 6.92 Å². The molecule has 0 radical (unpaired) electrons. The Morgan fingerprint density at radius 1 is 1.07 bits per heavy atom. The van der Waals surface area contributed by atoms with E-state index >= 15 is 0 Å². The van der Waals surface area contributed by atoms with Gasteiger partial charge >= 0.3 is 0 Å². The van der Waals surface area contributed by atoms with Crippen LogP contribution in [0.2, 0.25) is 0 Å². The minimum atomic E-state index is -0.539. The lowest BCUT2D eigenvalue weighted by atomic mass is 10.1. The fourth-order valence-electron chi connectivity index (χ4n) is 3.16. The summed E-state index contributed by atoms with van der Waals surface area (Å²) in [5, 5.41) is 2.95. The maximum absolute atomic E-state index is 12.3. The highest BCUT2D eigenvalue weighted by Crippen LogP contribution is 2.18. The highest BCUT2D eigenvalue weighted by molar-refractivity contribution is 5.80. The zero-order valence-corrected chi connectivity index (χ0v) is 17.0. The van der Waals surface area contributed by atoms with Crippen LogP contribution in [0.1, 0.15) is 29.2 Å². The Morgan fingerprint density at radius 3 is 2.43 bits per heavy atom. The van der Waals surface area contributed by atoms with E-state index < -0.39 is 6.10 Å². The fourth-order valence-corrected chi connectivity index (χ4v) is 3.16. The van der Waals surface area contributed by atoms with Gasteiger partial charge in [-0.15, -0.1) is 0 Å². The third-order valence-corrected chi connectivity index (χ3v) is 5.16. The number of amides is 1. The van der Waals surface area contributed by atoms with Crippen LogP contribution >= 0.6 is 0 Å². The first kappa shape index (κ1) is 20.4. The van der Waals surface area contributed by atoms with E-state index in [9.17, 15) is 4.79 Å². The summed E-state index contributed by atoms with van der Waals surface area (Å²) in [5.74, 6) is 0.605. The predicted molar refractivity (Wildman–Crippen MR) is 110 cm³/mol. The molecule has 1 saturated heterocycles. The second kappa shape index (κ2) is 9.71. The number of ether oxygens (including phenoxy) is 2. The number of rotatable bonds is 7. The number of carbonyl (C=O) groups excluding carboxylic acids is 1. The number of hydrogen-bond donors (Lipinski definition) is 1. The van der Waals surface area contributed by atoms with Crippen LogP contribution in [0, 0.1) is 13.8 Å². The monoisotopic (exact) mass is 382 g/mol. The number of carbonyl (C=O) groups is 1. The summed E-state index contributed by atoms with van der Waals surface area (Å²) in [4.78, 5) is 14.7. The molecule has 28 heavy (non-hydrogen) atoms. The molecule has 1 unspecified atom stereocenters. The van der Waals surface area contributed by atoms with Crippen molar-refractivity contribution in [3.8, 4) is 5.75 Å². The van der Waals surface area contributed by atoms with Gasteiger partial charge in [0.05, 0.1) is 13.2 Å². The van der Waals surface area contributed by atoms with E-state index in [-0.39, 0.29) is 5.91 Å². The number of hydrogen-bond acceptors (Lipinski definition) is 4. The van der Waals surface area contributed by atoms with Gasteiger partial charge in [0.1, 0.15) is 5.75 Å². The van der Waals surface area contributed by atoms with E-state index in [2.05, 4.69) is 41.4 Å². The zero-order chi connectivity index (χ0) is 19.9. The van der Waals surface area contributed by atoms with Crippen molar-refractivity contribution in [3.63, 3.8) is 0 Å². The van der Waals surface area contributed by atoms with Crippen LogP contribution in [0.5, 0.6) is 5.75 Å². The summed E-state index contributed by atoms with van der Waals surface area (Å²) < 4.78 is 11.2. The highest BCUT2D eigenvalue weighted by Gasteiger charge is 2.15. The molecule has 1 aliphatic heterocycles. The second-order valence-corrected chi connectivity index (χ2v) is 7.43. The minimum Gasteiger partial charge on any atom is -0.481 e. The van der Waals surface area contributed by atoms with Gasteiger partial charge in [0, 0.05) is 26.2 Å². The van der Waals surface area contributed by atoms with Crippen molar-refractivity contribution in [2.24, 2.45) is 0 Å². The first-order valence-electron chi connectivity index (χ1n) is 9.91. The lowest BCUT2D eigenvalue weighted by Crippen LogP contribution is -2.36. The van der Waals surface area contributed by atoms with Crippen LogP contribution in [0.3, 0.4) is 0 Å². The maximum Gasteiger partial charge on any atom is 0.261 e. The Kier molecular flexibility index (Phi) is 7.06. The Labute approximate surface area is 167 Å². The molecular formula is C23H30N2O3. The molecule has 3 rings (SSSR count). The first-order chi connectivity index (χ1) is 13.5. The lowest BCUT2D eigenvalue weighted by molar-refractivity contribution is -0.127. The number of nitrogens with one attached hydrogen (secondary N) is 1. The van der Waals surface area contributed by atoms with Crippen molar-refractivity contribution < 1.29 is 14.3 Å². The molecular weight excluding hydrogens is 352 g/mol. The van der Waals surface area contributed by atoms with E-state index in [0.717, 1.165) is 49.7 Å². The van der Waals surface area contributed by atoms with Gasteiger partial charge in [-0.2, -0.15) is 0 Å². The number of aryl methyl sites for hydroxylation is 2. The molecule has 0 bridgehead atoms. The quantitative estimate of drug-likeness (QED) is 0.799. The lowest BCUT2D eigenvalue weighted by Gasteiger charge is -2.26. The van der Waals surface area contributed by atoms with E-state index in [1.165, 1.54) is 11.1 Å². The molecule has 5 nitrogen and oxygen atoms in total. The molecule has 2 aromatic rings. The third-order valence-electron chi connectivity index (χ3n) is 5.16. The standard InChI is InChI=1S/C23H30N2O3/c1-17-4-9-22(14-18(17)2)28-19(3)23(26)24-15-20-5-7-21(8-6-20)16-25-10-12-27-13-11-25/h4-9,14,19H,10-13,15-16H2,1-3H3,(H,24,26). The van der Waals surface area contributed by atoms with Crippen LogP contribution in [0.4, 0.5) is 0 Å². The van der Waals surface area contributed by atoms with Crippen LogP contribution in [0.25, 0.3) is 0 Å². The van der Waals surface area contributed by atoms with Gasteiger partial charge in [-0.25, -0.2) is 0 Å². The van der Waals surface area contributed by atoms with Gasteiger partial charge in [0.15, 0.2) is 6.10 Å². The number of benzene rings is 2. The first-order valence-corrected chi connectivity index (χ1v) is 9.91. The van der Waals surface area contributed by atoms with Gasteiger partial charge in [-0.3, -0.25) is 9.69 Å². The molecule has 1 aliphatic rings. The van der Waals surface area contributed by atoms with Crippen molar-refractivity contribution in [1.82, 2.24) is 10.2 Å². The van der Waals surface area contributed by atoms with Crippen LogP contribution in [0.15, 0.2) is 42.5 Å². The van der Waals surface area contributed by atoms with Crippen molar-refractivity contribution >= 4 is 5.91 Å². The molecule has 1 fully saturated rings. The van der Waals surface area contributed by atoms with E-state index in [4.69, 9.17) is 9.47 Å². The second-order valence-electron chi connectivity index (χ2n) is 7.43. The predicted octanol–water partition coefficient (Wildman–Crippen LogP) is 3.22. The van der Waals surface area contributed by atoms with Crippen molar-refractivity contribution in [2.75, 3.05) is 26.3 Å². The molecule has 1 atom stereocenters. The molecule has 150 valence electrons. The Balaban J connectivity index is 1.46. The van der Waals surface area contributed by atoms with Crippen molar-refractivity contribution in [1.29, 1.82) is 0 Å². The Bertz CT molecular complexity index is 783. The van der Waals surface area contributed by atoms with Crippen molar-refractivity contribution in [3.05, 3.63) is 64.7 Å². The van der Waals surface area contributed by atoms with Crippen molar-refractivity contribution in [2.45, 2.75) is 40.0 Å². The summed E-state index contributed by atoms with van der Waals surface area (Å²) in [6.07, 6.45) is -0.539. The van der Waals surface area contributed by atoms with Gasteiger partial charge in [-0.05, 0) is 55.2 Å². The average Bonchev–Trinajstić information content (AvgIpc) is 2.71.